The third-order valence-corrected chi connectivity index (χ3v) is 6.37. The van der Waals surface area contributed by atoms with Crippen molar-refractivity contribution in [3.05, 3.63) is 112 Å². The largest absolute Gasteiger partial charge is 0.388 e. The highest BCUT2D eigenvalue weighted by Gasteiger charge is 2.28. The Bertz CT molecular complexity index is 1300. The molecule has 166 valence electrons. The molecule has 3 atom stereocenters. The van der Waals surface area contributed by atoms with Crippen LogP contribution in [0.25, 0.3) is 23.1 Å². The number of rotatable bonds is 7. The van der Waals surface area contributed by atoms with E-state index in [-0.39, 0.29) is 17.6 Å². The molecule has 3 unspecified atom stereocenters. The third-order valence-electron chi connectivity index (χ3n) is 6.13. The van der Waals surface area contributed by atoms with Crippen LogP contribution in [-0.2, 0) is 0 Å². The minimum Gasteiger partial charge on any atom is -0.388 e. The van der Waals surface area contributed by atoms with E-state index in [0.29, 0.717) is 10.6 Å². The Morgan fingerprint density at radius 3 is 2.45 bits per heavy atom. The lowest BCUT2D eigenvalue weighted by molar-refractivity contribution is 0.0656. The number of aliphatic hydroxyl groups excluding tert-OH is 1. The second kappa shape index (κ2) is 10.1. The van der Waals surface area contributed by atoms with E-state index >= 15 is 0 Å². The van der Waals surface area contributed by atoms with Gasteiger partial charge in [-0.05, 0) is 47.4 Å². The molecule has 0 saturated carbocycles. The molecular weight excluding hydrogens is 430 g/mol. The van der Waals surface area contributed by atoms with Crippen molar-refractivity contribution in [1.29, 1.82) is 0 Å². The van der Waals surface area contributed by atoms with Gasteiger partial charge in [0.2, 0.25) is 0 Å². The van der Waals surface area contributed by atoms with E-state index in [1.165, 1.54) is 0 Å². The average molecular weight is 456 g/mol. The lowest BCUT2D eigenvalue weighted by atomic mass is 9.82. The summed E-state index contributed by atoms with van der Waals surface area (Å²) in [4.78, 5) is 17.5. The maximum Gasteiger partial charge on any atom is 0.166 e. The van der Waals surface area contributed by atoms with Gasteiger partial charge in [-0.25, -0.2) is 4.98 Å². The molecule has 0 saturated heterocycles. The molecule has 1 N–H and O–H groups in total. The van der Waals surface area contributed by atoms with Gasteiger partial charge in [-0.2, -0.15) is 0 Å². The van der Waals surface area contributed by atoms with Crippen molar-refractivity contribution in [2.45, 2.75) is 20.0 Å². The molecule has 0 radical (unpaired) electrons. The first kappa shape index (κ1) is 22.9. The van der Waals surface area contributed by atoms with Crippen LogP contribution < -0.4 is 0 Å². The van der Waals surface area contributed by atoms with Crippen molar-refractivity contribution in [3.63, 3.8) is 0 Å². The summed E-state index contributed by atoms with van der Waals surface area (Å²) in [5.41, 5.74) is 4.08. The molecule has 0 bridgehead atoms. The van der Waals surface area contributed by atoms with Crippen molar-refractivity contribution in [1.82, 2.24) is 4.98 Å². The first-order chi connectivity index (χ1) is 15.9. The summed E-state index contributed by atoms with van der Waals surface area (Å²) >= 11 is 6.09. The summed E-state index contributed by atoms with van der Waals surface area (Å²) in [7, 11) is 0. The Labute approximate surface area is 199 Å². The van der Waals surface area contributed by atoms with Crippen LogP contribution in [0.3, 0.4) is 0 Å². The molecule has 0 aliphatic carbocycles. The quantitative estimate of drug-likeness (QED) is 0.298. The van der Waals surface area contributed by atoms with Gasteiger partial charge < -0.3 is 5.11 Å². The number of ketones is 1. The molecular formula is C29H26ClNO2. The number of benzene rings is 3. The number of hydrogen-bond donors (Lipinski definition) is 1. The number of aliphatic hydroxyl groups is 1. The van der Waals surface area contributed by atoms with Crippen LogP contribution >= 0.6 is 11.6 Å². The van der Waals surface area contributed by atoms with Crippen molar-refractivity contribution < 1.29 is 9.90 Å². The number of fused-ring (bicyclic) bond motifs is 1. The number of hydrogen-bond acceptors (Lipinski definition) is 3. The monoisotopic (exact) mass is 455 g/mol. The highest BCUT2D eigenvalue weighted by atomic mass is 35.5. The molecule has 0 fully saturated rings. The predicted octanol–water partition coefficient (Wildman–Crippen LogP) is 7.25. The Kier molecular flexibility index (Phi) is 7.02. The van der Waals surface area contributed by atoms with Gasteiger partial charge in [0.15, 0.2) is 5.78 Å². The SMILES string of the molecule is CC(C(=O)c1ccccc1)C(C)C(O)c1cccc(C=Cc2ccc3ccc(Cl)cc3n2)c1. The van der Waals surface area contributed by atoms with E-state index in [1.54, 1.807) is 0 Å². The van der Waals surface area contributed by atoms with Gasteiger partial charge in [-0.15, -0.1) is 0 Å². The van der Waals surface area contributed by atoms with Gasteiger partial charge >= 0.3 is 0 Å². The van der Waals surface area contributed by atoms with E-state index in [2.05, 4.69) is 4.98 Å². The molecule has 4 heteroatoms. The molecule has 3 nitrogen and oxygen atoms in total. The number of pyridine rings is 1. The van der Waals surface area contributed by atoms with Crippen LogP contribution in [0.15, 0.2) is 84.9 Å². The maximum atomic E-state index is 12.8. The Balaban J connectivity index is 1.50. The molecule has 33 heavy (non-hydrogen) atoms. The number of aromatic nitrogens is 1. The molecule has 0 amide bonds. The summed E-state index contributed by atoms with van der Waals surface area (Å²) in [5.74, 6) is -0.500. The molecule has 4 rings (SSSR count). The number of nitrogens with zero attached hydrogens (tertiary/aromatic N) is 1. The van der Waals surface area contributed by atoms with Gasteiger partial charge in [0.1, 0.15) is 0 Å². The molecule has 0 spiro atoms. The maximum absolute atomic E-state index is 12.8. The molecule has 4 aromatic rings. The van der Waals surface area contributed by atoms with Crippen molar-refractivity contribution in [3.8, 4) is 0 Å². The number of carbonyl (C=O) groups is 1. The lowest BCUT2D eigenvalue weighted by Gasteiger charge is -2.25. The molecule has 3 aromatic carbocycles. The second-order valence-corrected chi connectivity index (χ2v) is 8.84. The zero-order valence-corrected chi connectivity index (χ0v) is 19.4. The molecule has 0 aliphatic heterocycles. The number of Topliss-reactive ketones (excluding diaryl/α,β-unsaturated/α-hetero) is 1. The third kappa shape index (κ3) is 5.39. The Morgan fingerprint density at radius 1 is 0.909 bits per heavy atom. The summed E-state index contributed by atoms with van der Waals surface area (Å²) in [6.45, 7) is 3.80. The molecule has 1 heterocycles. The summed E-state index contributed by atoms with van der Waals surface area (Å²) in [6, 6.07) is 26.6. The van der Waals surface area contributed by atoms with E-state index in [9.17, 15) is 9.90 Å². The van der Waals surface area contributed by atoms with Crippen molar-refractivity contribution in [2.75, 3.05) is 0 Å². The van der Waals surface area contributed by atoms with Crippen LogP contribution in [0.5, 0.6) is 0 Å². The molecule has 1 aromatic heterocycles. The van der Waals surface area contributed by atoms with E-state index in [4.69, 9.17) is 11.6 Å². The van der Waals surface area contributed by atoms with Gasteiger partial charge in [-0.3, -0.25) is 4.79 Å². The van der Waals surface area contributed by atoms with Gasteiger partial charge in [0.25, 0.3) is 0 Å². The van der Waals surface area contributed by atoms with E-state index < -0.39 is 6.10 Å². The lowest BCUT2D eigenvalue weighted by Crippen LogP contribution is -2.24. The fourth-order valence-electron chi connectivity index (χ4n) is 3.91. The van der Waals surface area contributed by atoms with E-state index in [1.807, 2.05) is 111 Å². The summed E-state index contributed by atoms with van der Waals surface area (Å²) in [6.07, 6.45) is 3.16. The molecule has 0 aliphatic rings. The van der Waals surface area contributed by atoms with Crippen LogP contribution in [0.1, 0.15) is 47.1 Å². The van der Waals surface area contributed by atoms with Gasteiger partial charge in [-0.1, -0.05) is 92.2 Å². The number of carbonyl (C=O) groups excluding carboxylic acids is 1. The average Bonchev–Trinajstić information content (AvgIpc) is 2.86. The predicted molar refractivity (Wildman–Crippen MR) is 136 cm³/mol. The zero-order chi connectivity index (χ0) is 23.4. The fraction of sp³-hybridized carbons (Fsp3) is 0.172. The van der Waals surface area contributed by atoms with Crippen molar-refractivity contribution >= 4 is 40.4 Å². The summed E-state index contributed by atoms with van der Waals surface area (Å²) in [5, 5.41) is 12.7. The number of halogens is 1. The topological polar surface area (TPSA) is 50.2 Å². The smallest absolute Gasteiger partial charge is 0.166 e. The van der Waals surface area contributed by atoms with Crippen molar-refractivity contribution in [2.24, 2.45) is 11.8 Å². The van der Waals surface area contributed by atoms with E-state index in [0.717, 1.165) is 27.7 Å². The highest BCUT2D eigenvalue weighted by Crippen LogP contribution is 2.30. The van der Waals surface area contributed by atoms with Crippen LogP contribution in [-0.4, -0.2) is 15.9 Å². The van der Waals surface area contributed by atoms with Gasteiger partial charge in [0.05, 0.1) is 17.3 Å². The van der Waals surface area contributed by atoms with Crippen LogP contribution in [0, 0.1) is 11.8 Å². The van der Waals surface area contributed by atoms with Crippen LogP contribution in [0.4, 0.5) is 0 Å². The highest BCUT2D eigenvalue weighted by molar-refractivity contribution is 6.31. The van der Waals surface area contributed by atoms with Gasteiger partial charge in [0, 0.05) is 21.9 Å². The minimum absolute atomic E-state index is 0.0423. The first-order valence-electron chi connectivity index (χ1n) is 11.0. The van der Waals surface area contributed by atoms with Crippen LogP contribution in [0.2, 0.25) is 5.02 Å². The first-order valence-corrected chi connectivity index (χ1v) is 11.4. The summed E-state index contributed by atoms with van der Waals surface area (Å²) < 4.78 is 0. The normalized spacial score (nSPS) is 14.3. The second-order valence-electron chi connectivity index (χ2n) is 8.40. The standard InChI is InChI=1S/C29H26ClNO2/c1-19(28(32)23-8-4-3-5-9-23)20(2)29(33)24-10-6-7-21(17-24)11-15-26-16-13-22-12-14-25(30)18-27(22)31-26/h3-20,29,33H,1-2H3. The Hall–Kier alpha value is -3.27. The minimum atomic E-state index is -0.748. The zero-order valence-electron chi connectivity index (χ0n) is 18.7. The fourth-order valence-corrected chi connectivity index (χ4v) is 4.07. The Morgan fingerprint density at radius 2 is 1.67 bits per heavy atom.